The van der Waals surface area contributed by atoms with Gasteiger partial charge in [-0.05, 0) is 111 Å². The van der Waals surface area contributed by atoms with Crippen molar-refractivity contribution in [2.75, 3.05) is 9.80 Å². The molecule has 3 nitrogen and oxygen atoms in total. The maximum atomic E-state index is 4.60. The second-order valence-electron chi connectivity index (χ2n) is 20.8. The topological polar surface area (TPSA) is 19.4 Å². The largest absolute Gasteiger partial charge is 0.310 e. The summed E-state index contributed by atoms with van der Waals surface area (Å²) in [5, 5.41) is 0. The molecule has 6 heterocycles. The Labute approximate surface area is 361 Å². The number of pyridine rings is 1. The third-order valence-corrected chi connectivity index (χ3v) is 17.4. The smallest absolute Gasteiger partial charge is 0.165 e. The molecule has 1 spiro atoms. The minimum absolute atomic E-state index is 0.0165. The third kappa shape index (κ3) is 4.25. The van der Waals surface area contributed by atoms with Crippen molar-refractivity contribution in [1.82, 2.24) is 4.98 Å². The van der Waals surface area contributed by atoms with Crippen molar-refractivity contribution in [2.24, 2.45) is 34.0 Å². The molecule has 5 aliphatic heterocycles. The van der Waals surface area contributed by atoms with Crippen molar-refractivity contribution in [3.05, 3.63) is 215 Å². The first-order valence-corrected chi connectivity index (χ1v) is 22.7. The monoisotopic (exact) mass is 789 g/mol. The predicted octanol–water partition coefficient (Wildman–Crippen LogP) is 14.1. The van der Waals surface area contributed by atoms with Crippen molar-refractivity contribution < 1.29 is 0 Å². The molecule has 0 amide bonds. The van der Waals surface area contributed by atoms with E-state index in [2.05, 4.69) is 208 Å². The molecule has 0 saturated carbocycles. The van der Waals surface area contributed by atoms with E-state index in [1.165, 1.54) is 50.7 Å². The van der Waals surface area contributed by atoms with Crippen molar-refractivity contribution in [2.45, 2.75) is 64.4 Å². The average Bonchev–Trinajstić information content (AvgIpc) is 3.28. The zero-order valence-corrected chi connectivity index (χ0v) is 36.0. The molecule has 0 radical (unpaired) electrons. The summed E-state index contributed by atoms with van der Waals surface area (Å²) < 4.78 is 0. The maximum Gasteiger partial charge on any atom is 0.165 e. The Hall–Kier alpha value is -5.87. The van der Waals surface area contributed by atoms with Gasteiger partial charge in [-0.1, -0.05) is 174 Å². The van der Waals surface area contributed by atoms with Gasteiger partial charge in [-0.15, -0.1) is 0 Å². The molecule has 6 atom stereocenters. The number of allylic oxidation sites excluding steroid dienone is 11. The highest BCUT2D eigenvalue weighted by atomic mass is 15.2. The summed E-state index contributed by atoms with van der Waals surface area (Å²) in [6.45, 7) is 16.0. The van der Waals surface area contributed by atoms with Crippen LogP contribution in [0.5, 0.6) is 0 Å². The normalized spacial score (nSPS) is 28.9. The van der Waals surface area contributed by atoms with E-state index < -0.39 is 5.41 Å². The lowest BCUT2D eigenvalue weighted by Gasteiger charge is -2.69. The molecule has 13 rings (SSSR count). The molecule has 8 aliphatic rings. The van der Waals surface area contributed by atoms with Gasteiger partial charge in [0, 0.05) is 17.3 Å². The first-order chi connectivity index (χ1) is 29.6. The zero-order chi connectivity index (χ0) is 41.2. The molecule has 3 saturated heterocycles. The zero-order valence-electron chi connectivity index (χ0n) is 36.0. The van der Waals surface area contributed by atoms with E-state index in [4.69, 9.17) is 0 Å². The van der Waals surface area contributed by atoms with Crippen LogP contribution in [0, 0.1) is 34.0 Å². The highest BCUT2D eigenvalue weighted by Crippen LogP contribution is 2.77. The van der Waals surface area contributed by atoms with Crippen LogP contribution in [0.25, 0.3) is 0 Å². The van der Waals surface area contributed by atoms with E-state index >= 15 is 0 Å². The summed E-state index contributed by atoms with van der Waals surface area (Å²) in [6, 6.07) is 41.1. The number of fused-ring (bicyclic) bond motifs is 8. The molecule has 3 fully saturated rings. The van der Waals surface area contributed by atoms with Crippen molar-refractivity contribution in [1.29, 1.82) is 0 Å². The highest BCUT2D eigenvalue weighted by molar-refractivity contribution is 6.68. The van der Waals surface area contributed by atoms with Gasteiger partial charge in [0.1, 0.15) is 0 Å². The van der Waals surface area contributed by atoms with Gasteiger partial charge in [-0.25, -0.2) is 0 Å². The number of hydrogen-bond acceptors (Lipinski definition) is 3. The fourth-order valence-corrected chi connectivity index (χ4v) is 15.0. The van der Waals surface area contributed by atoms with E-state index in [0.717, 1.165) is 5.69 Å². The Kier molecular flexibility index (Phi) is 7.02. The van der Waals surface area contributed by atoms with Gasteiger partial charge in [0.2, 0.25) is 0 Å². The van der Waals surface area contributed by atoms with Gasteiger partial charge in [-0.3, -0.25) is 4.98 Å². The van der Waals surface area contributed by atoms with Crippen molar-refractivity contribution >= 4 is 35.1 Å². The summed E-state index contributed by atoms with van der Waals surface area (Å²) >= 11 is 0. The second kappa shape index (κ2) is 11.9. The number of para-hydroxylation sites is 4. The third-order valence-electron chi connectivity index (χ3n) is 17.4. The molecule has 0 N–H and O–H groups in total. The van der Waals surface area contributed by atoms with Crippen LogP contribution in [0.2, 0.25) is 17.5 Å². The molecular weight excluding hydrogens is 737 g/mol. The Morgan fingerprint density at radius 3 is 1.56 bits per heavy atom. The van der Waals surface area contributed by atoms with Crippen molar-refractivity contribution in [3.8, 4) is 0 Å². The highest BCUT2D eigenvalue weighted by Gasteiger charge is 2.69. The van der Waals surface area contributed by atoms with E-state index in [0.29, 0.717) is 41.9 Å². The van der Waals surface area contributed by atoms with Crippen LogP contribution in [0.15, 0.2) is 193 Å². The summed E-state index contributed by atoms with van der Waals surface area (Å²) in [7, 11) is 0. The molecule has 61 heavy (non-hydrogen) atoms. The first kappa shape index (κ1) is 35.8. The lowest BCUT2D eigenvalue weighted by Crippen LogP contribution is -2.63. The minimum Gasteiger partial charge on any atom is -0.310 e. The van der Waals surface area contributed by atoms with Gasteiger partial charge in [0.25, 0.3) is 0 Å². The first-order valence-electron chi connectivity index (χ1n) is 22.7. The van der Waals surface area contributed by atoms with Crippen LogP contribution in [0.3, 0.4) is 0 Å². The quantitative estimate of drug-likeness (QED) is 0.163. The fourth-order valence-electron chi connectivity index (χ4n) is 15.0. The summed E-state index contributed by atoms with van der Waals surface area (Å²) in [5.41, 5.74) is 17.0. The lowest BCUT2D eigenvalue weighted by molar-refractivity contribution is 0.118. The van der Waals surface area contributed by atoms with E-state index in [9.17, 15) is 0 Å². The average molecular weight is 790 g/mol. The van der Waals surface area contributed by atoms with Crippen molar-refractivity contribution in [3.63, 3.8) is 0 Å². The van der Waals surface area contributed by atoms with E-state index in [1.54, 1.807) is 16.7 Å². The van der Waals surface area contributed by atoms with Gasteiger partial charge >= 0.3 is 0 Å². The lowest BCUT2D eigenvalue weighted by atomic mass is 9.10. The number of benzene rings is 4. The predicted molar refractivity (Wildman–Crippen MR) is 252 cm³/mol. The number of aromatic nitrogens is 1. The molecule has 4 aromatic carbocycles. The minimum atomic E-state index is -0.560. The Morgan fingerprint density at radius 1 is 0.525 bits per heavy atom. The molecular formula is C57H52BN3. The standard InChI is InChI=1S/C57H52BN3/c1-54(2)41-23-15-25-43-51(41)58-52-42(54)24-16-26-44(52)56(5,6)46-33-36(32-45(53(46)58)55(43,3)4)61-49-29-13-9-21-39(49)57(40-22-10-14-30-50(40)61)37-19-7-11-27-47(37)60(35-18-17-31-59-34-35)48-28-12-8-20-38(48)57/h7-34,43-45,51-53H,1-6H3. The molecule has 298 valence electrons. The van der Waals surface area contributed by atoms with E-state index in [-0.39, 0.29) is 16.2 Å². The van der Waals surface area contributed by atoms with Crippen LogP contribution in [0.1, 0.15) is 63.8 Å². The Bertz CT molecular complexity index is 2800. The molecule has 0 bridgehead atoms. The number of nitrogens with zero attached hydrogens (tertiary/aromatic N) is 3. The summed E-state index contributed by atoms with van der Waals surface area (Å²) in [5.74, 6) is 2.90. The molecule has 6 unspecified atom stereocenters. The van der Waals surface area contributed by atoms with Crippen LogP contribution in [0.4, 0.5) is 28.4 Å². The van der Waals surface area contributed by atoms with Gasteiger partial charge < -0.3 is 9.80 Å². The molecule has 1 aromatic heterocycles. The van der Waals surface area contributed by atoms with Gasteiger partial charge in [0.05, 0.1) is 40.0 Å². The van der Waals surface area contributed by atoms with E-state index in [1.807, 2.05) is 18.5 Å². The number of rotatable bonds is 2. The number of hydrogen-bond donors (Lipinski definition) is 0. The molecule has 3 aliphatic carbocycles. The van der Waals surface area contributed by atoms with Gasteiger partial charge in [0.15, 0.2) is 6.71 Å². The number of anilines is 5. The molecule has 5 aromatic rings. The maximum absolute atomic E-state index is 4.60. The Morgan fingerprint density at radius 2 is 1.02 bits per heavy atom. The van der Waals surface area contributed by atoms with Crippen LogP contribution >= 0.6 is 0 Å². The molecule has 4 heteroatoms. The fraction of sp³-hybridized carbons (Fsp3) is 0.281. The van der Waals surface area contributed by atoms with Gasteiger partial charge in [-0.2, -0.15) is 0 Å². The van der Waals surface area contributed by atoms with Crippen LogP contribution < -0.4 is 9.80 Å². The van der Waals surface area contributed by atoms with Crippen LogP contribution in [-0.2, 0) is 5.41 Å². The summed E-state index contributed by atoms with van der Waals surface area (Å²) in [6.07, 6.45) is 24.4. The van der Waals surface area contributed by atoms with Crippen LogP contribution in [-0.4, -0.2) is 11.7 Å². The second-order valence-corrected chi connectivity index (χ2v) is 20.8. The Balaban J connectivity index is 1.06. The summed E-state index contributed by atoms with van der Waals surface area (Å²) in [4.78, 5) is 9.68. The SMILES string of the molecule is CC1(C)C2=CC=CC3C2B2C4C1=CC=CC4C(C)(C)C1C=C(N4c5ccccc5C5(c6ccccc64)c4ccccc4N(c4cccnc4)c4ccccc45)C=C(C21)C3(C)C.